The van der Waals surface area contributed by atoms with E-state index in [1.165, 1.54) is 4.90 Å². The molecule has 1 aliphatic heterocycles. The van der Waals surface area contributed by atoms with Crippen LogP contribution in [0, 0.1) is 19.8 Å². The molecule has 0 spiro atoms. The van der Waals surface area contributed by atoms with Crippen LogP contribution in [0.15, 0.2) is 65.8 Å². The quantitative estimate of drug-likeness (QED) is 0.246. The van der Waals surface area contributed by atoms with Crippen LogP contribution >= 0.6 is 23.8 Å². The van der Waals surface area contributed by atoms with E-state index in [-0.39, 0.29) is 15.7 Å². The average Bonchev–Trinajstić information content (AvgIpc) is 3.14. The lowest BCUT2D eigenvalue weighted by molar-refractivity contribution is -0.130. The second-order valence-corrected chi connectivity index (χ2v) is 8.41. The number of hydrazone groups is 1. The van der Waals surface area contributed by atoms with Gasteiger partial charge in [0.2, 0.25) is 5.91 Å². The molecule has 1 fully saturated rings. The molecule has 1 atom stereocenters. The Morgan fingerprint density at radius 3 is 2.38 bits per heavy atom. The highest BCUT2D eigenvalue weighted by Crippen LogP contribution is 2.24. The van der Waals surface area contributed by atoms with Crippen molar-refractivity contribution in [2.24, 2.45) is 11.0 Å². The lowest BCUT2D eigenvalue weighted by atomic mass is 10.1. The van der Waals surface area contributed by atoms with Gasteiger partial charge < -0.3 is 9.88 Å². The molecule has 1 saturated heterocycles. The summed E-state index contributed by atoms with van der Waals surface area (Å²) in [5, 5.41) is 6.54. The van der Waals surface area contributed by atoms with E-state index < -0.39 is 23.6 Å². The second kappa shape index (κ2) is 9.58. The molecular weight excluding hydrogens is 474 g/mol. The normalized spacial score (nSPS) is 16.1. The molecule has 0 aliphatic carbocycles. The molecule has 1 aromatic heterocycles. The number of para-hydroxylation sites is 1. The molecule has 0 bridgehead atoms. The fraction of sp³-hybridized carbons (Fsp3) is 0.125. The summed E-state index contributed by atoms with van der Waals surface area (Å²) in [7, 11) is 0. The van der Waals surface area contributed by atoms with E-state index in [1.807, 2.05) is 30.5 Å². The fourth-order valence-corrected chi connectivity index (χ4v) is 4.23. The summed E-state index contributed by atoms with van der Waals surface area (Å²) in [6.07, 6.45) is 1.07. The van der Waals surface area contributed by atoms with Gasteiger partial charge in [0.15, 0.2) is 11.0 Å². The lowest BCUT2D eigenvalue weighted by Crippen LogP contribution is -2.58. The van der Waals surface area contributed by atoms with E-state index in [4.69, 9.17) is 23.8 Å². The predicted octanol–water partition coefficient (Wildman–Crippen LogP) is 3.53. The summed E-state index contributed by atoms with van der Waals surface area (Å²) in [5.41, 5.74) is 5.94. The molecule has 1 aliphatic rings. The molecule has 2 heterocycles. The Morgan fingerprint density at radius 1 is 1.06 bits per heavy atom. The minimum absolute atomic E-state index is 0.0186. The highest BCUT2D eigenvalue weighted by atomic mass is 35.5. The number of rotatable bonds is 5. The number of aromatic nitrogens is 1. The Bertz CT molecular complexity index is 1320. The molecule has 172 valence electrons. The highest BCUT2D eigenvalue weighted by molar-refractivity contribution is 7.80. The fourth-order valence-electron chi connectivity index (χ4n) is 3.68. The summed E-state index contributed by atoms with van der Waals surface area (Å²) < 4.78 is 2.02. The Kier molecular flexibility index (Phi) is 6.58. The number of thiocarbonyl (C=S) groups is 1. The smallest absolute Gasteiger partial charge is 0.272 e. The molecule has 4 rings (SSSR count). The monoisotopic (exact) mass is 493 g/mol. The zero-order chi connectivity index (χ0) is 24.4. The van der Waals surface area contributed by atoms with Crippen LogP contribution in [0.1, 0.15) is 21.7 Å². The number of amides is 3. The van der Waals surface area contributed by atoms with Gasteiger partial charge in [-0.3, -0.25) is 19.3 Å². The van der Waals surface area contributed by atoms with Gasteiger partial charge in [-0.1, -0.05) is 29.8 Å². The Labute approximate surface area is 206 Å². The molecule has 0 radical (unpaired) electrons. The first kappa shape index (κ1) is 23.3. The van der Waals surface area contributed by atoms with Crippen molar-refractivity contribution in [3.8, 4) is 5.69 Å². The number of aryl methyl sites for hydroxylation is 2. The van der Waals surface area contributed by atoms with Crippen molar-refractivity contribution in [1.82, 2.24) is 15.3 Å². The van der Waals surface area contributed by atoms with E-state index >= 15 is 0 Å². The van der Waals surface area contributed by atoms with Crippen LogP contribution in [0.25, 0.3) is 5.69 Å². The molecule has 0 saturated carbocycles. The van der Waals surface area contributed by atoms with Crippen molar-refractivity contribution in [3.05, 3.63) is 82.6 Å². The maximum Gasteiger partial charge on any atom is 0.272 e. The number of anilines is 1. The van der Waals surface area contributed by atoms with Crippen LogP contribution < -0.4 is 15.6 Å². The number of hydrogen-bond donors (Lipinski definition) is 2. The van der Waals surface area contributed by atoms with Gasteiger partial charge in [0.25, 0.3) is 11.8 Å². The average molecular weight is 494 g/mol. The van der Waals surface area contributed by atoms with E-state index in [0.29, 0.717) is 5.69 Å². The Hall–Kier alpha value is -3.82. The number of halogens is 1. The summed E-state index contributed by atoms with van der Waals surface area (Å²) in [6.45, 7) is 3.95. The van der Waals surface area contributed by atoms with Crippen molar-refractivity contribution in [2.75, 3.05) is 4.90 Å². The third kappa shape index (κ3) is 4.48. The van der Waals surface area contributed by atoms with Gasteiger partial charge in [0.05, 0.1) is 16.3 Å². The molecule has 0 unspecified atom stereocenters. The van der Waals surface area contributed by atoms with Crippen molar-refractivity contribution >= 4 is 58.6 Å². The van der Waals surface area contributed by atoms with Crippen LogP contribution in [0.5, 0.6) is 0 Å². The molecule has 8 nitrogen and oxygen atoms in total. The first-order chi connectivity index (χ1) is 16.3. The van der Waals surface area contributed by atoms with E-state index in [1.54, 1.807) is 48.5 Å². The van der Waals surface area contributed by atoms with E-state index in [2.05, 4.69) is 15.8 Å². The van der Waals surface area contributed by atoms with Crippen molar-refractivity contribution in [2.45, 2.75) is 13.8 Å². The van der Waals surface area contributed by atoms with Crippen molar-refractivity contribution < 1.29 is 14.4 Å². The lowest BCUT2D eigenvalue weighted by Gasteiger charge is -2.30. The number of benzene rings is 2. The third-order valence-electron chi connectivity index (χ3n) is 5.33. The van der Waals surface area contributed by atoms with Crippen molar-refractivity contribution in [3.63, 3.8) is 0 Å². The summed E-state index contributed by atoms with van der Waals surface area (Å²) in [4.78, 5) is 39.1. The van der Waals surface area contributed by atoms with Crippen molar-refractivity contribution in [1.29, 1.82) is 0 Å². The van der Waals surface area contributed by atoms with Crippen LogP contribution in [0.3, 0.4) is 0 Å². The largest absolute Gasteiger partial charge is 0.318 e. The molecule has 34 heavy (non-hydrogen) atoms. The SMILES string of the molecule is Cc1ccc(C)n1-c1ccc(C(=O)N/N=C\[C@@H]2C(=O)NC(=S)N(c3ccccc3)C2=O)c(Cl)c1. The summed E-state index contributed by atoms with van der Waals surface area (Å²) >= 11 is 11.5. The predicted molar refractivity (Wildman–Crippen MR) is 134 cm³/mol. The molecule has 2 N–H and O–H groups in total. The van der Waals surface area contributed by atoms with Gasteiger partial charge in [-0.25, -0.2) is 5.43 Å². The van der Waals surface area contributed by atoms with E-state index in [0.717, 1.165) is 23.3 Å². The molecule has 2 aromatic carbocycles. The molecule has 10 heteroatoms. The standard InChI is InChI=1S/C24H20ClN5O3S/c1-14-8-9-15(2)29(14)17-10-11-18(20(25)12-17)22(32)28-26-13-19-21(31)27-24(34)30(23(19)33)16-6-4-3-5-7-16/h3-13,19H,1-2H3,(H,28,32)(H,27,31,34)/b26-13-/t19-/m1/s1. The zero-order valence-corrected chi connectivity index (χ0v) is 19.9. The van der Waals surface area contributed by atoms with Gasteiger partial charge >= 0.3 is 0 Å². The Morgan fingerprint density at radius 2 is 1.74 bits per heavy atom. The van der Waals surface area contributed by atoms with E-state index in [9.17, 15) is 14.4 Å². The van der Waals surface area contributed by atoms with Gasteiger partial charge in [0, 0.05) is 23.3 Å². The second-order valence-electron chi connectivity index (χ2n) is 7.62. The van der Waals surface area contributed by atoms with Gasteiger partial charge in [-0.2, -0.15) is 5.10 Å². The number of nitrogens with one attached hydrogen (secondary N) is 2. The summed E-state index contributed by atoms with van der Waals surface area (Å²) in [5.74, 6) is -3.03. The molecule has 3 amide bonds. The number of carbonyl (C=O) groups excluding carboxylic acids is 3. The minimum Gasteiger partial charge on any atom is -0.318 e. The molecular formula is C24H20ClN5O3S. The summed E-state index contributed by atoms with van der Waals surface area (Å²) in [6, 6.07) is 17.7. The maximum absolute atomic E-state index is 12.9. The highest BCUT2D eigenvalue weighted by Gasteiger charge is 2.38. The van der Waals surface area contributed by atoms with Crippen LogP contribution in [-0.2, 0) is 9.59 Å². The van der Waals surface area contributed by atoms with Gasteiger partial charge in [0.1, 0.15) is 0 Å². The van der Waals surface area contributed by atoms with Crippen LogP contribution in [-0.4, -0.2) is 33.6 Å². The van der Waals surface area contributed by atoms with Crippen LogP contribution in [0.2, 0.25) is 5.02 Å². The Balaban J connectivity index is 1.48. The minimum atomic E-state index is -1.26. The molecule has 3 aromatic rings. The van der Waals surface area contributed by atoms with Gasteiger partial charge in [-0.05, 0) is 68.5 Å². The third-order valence-corrected chi connectivity index (χ3v) is 5.93. The first-order valence-corrected chi connectivity index (χ1v) is 11.1. The first-order valence-electron chi connectivity index (χ1n) is 10.3. The number of nitrogens with zero attached hydrogens (tertiary/aromatic N) is 3. The number of carbonyl (C=O) groups is 3. The maximum atomic E-state index is 12.9. The zero-order valence-electron chi connectivity index (χ0n) is 18.3. The topological polar surface area (TPSA) is 95.8 Å². The van der Waals surface area contributed by atoms with Crippen LogP contribution in [0.4, 0.5) is 5.69 Å². The number of hydrogen-bond acceptors (Lipinski definition) is 5. The van der Waals surface area contributed by atoms with Gasteiger partial charge in [-0.15, -0.1) is 0 Å².